The molecule has 0 bridgehead atoms. The van der Waals surface area contributed by atoms with Gasteiger partial charge in [0, 0.05) is 29.8 Å². The van der Waals surface area contributed by atoms with E-state index < -0.39 is 18.0 Å². The predicted octanol–water partition coefficient (Wildman–Crippen LogP) is 2.51. The highest BCUT2D eigenvalue weighted by Gasteiger charge is 2.39. The summed E-state index contributed by atoms with van der Waals surface area (Å²) >= 11 is 6.05. The number of rotatable bonds is 7. The Labute approximate surface area is 171 Å². The summed E-state index contributed by atoms with van der Waals surface area (Å²) < 4.78 is 7.17. The number of hydrogen-bond donors (Lipinski definition) is 2. The van der Waals surface area contributed by atoms with E-state index in [1.165, 1.54) is 6.26 Å². The van der Waals surface area contributed by atoms with Gasteiger partial charge in [-0.1, -0.05) is 17.7 Å². The van der Waals surface area contributed by atoms with Crippen LogP contribution in [-0.4, -0.2) is 39.9 Å². The van der Waals surface area contributed by atoms with Gasteiger partial charge >= 0.3 is 6.03 Å². The average molecular weight is 415 g/mol. The van der Waals surface area contributed by atoms with Crippen LogP contribution in [-0.2, 0) is 22.7 Å². The fraction of sp³-hybridized carbons (Fsp3) is 0.250. The number of carbonyl (C=O) groups excluding carboxylic acids is 3. The van der Waals surface area contributed by atoms with Gasteiger partial charge in [-0.25, -0.2) is 4.79 Å². The fourth-order valence-corrected chi connectivity index (χ4v) is 3.52. The zero-order valence-electron chi connectivity index (χ0n) is 15.4. The lowest BCUT2D eigenvalue weighted by molar-refractivity contribution is -0.131. The van der Waals surface area contributed by atoms with Gasteiger partial charge in [-0.3, -0.25) is 14.5 Å². The molecule has 29 heavy (non-hydrogen) atoms. The number of nitrogens with one attached hydrogen (secondary N) is 2. The first kappa shape index (κ1) is 19.1. The highest BCUT2D eigenvalue weighted by Crippen LogP contribution is 2.20. The molecule has 3 heterocycles. The van der Waals surface area contributed by atoms with Crippen LogP contribution in [0.1, 0.15) is 12.2 Å². The second kappa shape index (κ2) is 8.00. The summed E-state index contributed by atoms with van der Waals surface area (Å²) in [6.45, 7) is 0.990. The number of nitrogens with zero attached hydrogens (tertiary/aromatic N) is 2. The third-order valence-corrected chi connectivity index (χ3v) is 5.04. The fourth-order valence-electron chi connectivity index (χ4n) is 3.35. The van der Waals surface area contributed by atoms with Gasteiger partial charge in [0.05, 0.1) is 19.2 Å². The van der Waals surface area contributed by atoms with Crippen LogP contribution in [0.3, 0.4) is 0 Å². The second-order valence-corrected chi connectivity index (χ2v) is 7.21. The molecule has 4 amide bonds. The van der Waals surface area contributed by atoms with Crippen molar-refractivity contribution in [3.8, 4) is 0 Å². The topological polar surface area (TPSA) is 96.6 Å². The zero-order valence-corrected chi connectivity index (χ0v) is 16.2. The van der Waals surface area contributed by atoms with Crippen molar-refractivity contribution in [2.24, 2.45) is 0 Å². The largest absolute Gasteiger partial charge is 0.467 e. The molecular formula is C20H19ClN4O4. The monoisotopic (exact) mass is 414 g/mol. The van der Waals surface area contributed by atoms with E-state index in [1.807, 2.05) is 35.0 Å². The van der Waals surface area contributed by atoms with Crippen molar-refractivity contribution in [3.05, 3.63) is 59.6 Å². The minimum absolute atomic E-state index is 0.0407. The third kappa shape index (κ3) is 4.12. The summed E-state index contributed by atoms with van der Waals surface area (Å²) in [5, 5.41) is 7.05. The third-order valence-electron chi connectivity index (χ3n) is 4.80. The molecule has 1 aliphatic rings. The van der Waals surface area contributed by atoms with Crippen LogP contribution < -0.4 is 10.6 Å². The summed E-state index contributed by atoms with van der Waals surface area (Å²) in [7, 11) is 0. The highest BCUT2D eigenvalue weighted by atomic mass is 35.5. The maximum atomic E-state index is 12.4. The molecule has 1 aliphatic heterocycles. The number of fused-ring (bicyclic) bond motifs is 1. The zero-order chi connectivity index (χ0) is 20.4. The van der Waals surface area contributed by atoms with E-state index in [1.54, 1.807) is 12.1 Å². The van der Waals surface area contributed by atoms with Crippen molar-refractivity contribution in [3.63, 3.8) is 0 Å². The number of carbonyl (C=O) groups is 3. The molecule has 1 atom stereocenters. The van der Waals surface area contributed by atoms with Crippen molar-refractivity contribution < 1.29 is 18.8 Å². The van der Waals surface area contributed by atoms with Gasteiger partial charge in [0.15, 0.2) is 0 Å². The van der Waals surface area contributed by atoms with E-state index in [9.17, 15) is 14.4 Å². The second-order valence-electron chi connectivity index (χ2n) is 6.77. The number of benzene rings is 1. The summed E-state index contributed by atoms with van der Waals surface area (Å²) in [6, 6.07) is 9.59. The van der Waals surface area contributed by atoms with Gasteiger partial charge in [-0.15, -0.1) is 0 Å². The standard InChI is InChI=1S/C20H19ClN4O4/c21-14-4-3-13-5-7-24(17(13)10-14)8-6-22-18(26)11-16-19(27)25(20(28)23-16)12-15-2-1-9-29-15/h1-5,7,9-10,16H,6,8,11-12H2,(H,22,26)(H,23,28). The average Bonchev–Trinajstić information content (AvgIpc) is 3.40. The van der Waals surface area contributed by atoms with Gasteiger partial charge < -0.3 is 19.6 Å². The van der Waals surface area contributed by atoms with E-state index >= 15 is 0 Å². The van der Waals surface area contributed by atoms with Crippen LogP contribution in [0.2, 0.25) is 5.02 Å². The quantitative estimate of drug-likeness (QED) is 0.580. The Morgan fingerprint density at radius 2 is 2.10 bits per heavy atom. The molecule has 0 aliphatic carbocycles. The Morgan fingerprint density at radius 3 is 2.90 bits per heavy atom. The molecule has 1 fully saturated rings. The number of furan rings is 1. The summed E-state index contributed by atoms with van der Waals surface area (Å²) in [6.07, 6.45) is 3.29. The maximum Gasteiger partial charge on any atom is 0.325 e. The Bertz CT molecular complexity index is 1060. The molecular weight excluding hydrogens is 396 g/mol. The summed E-state index contributed by atoms with van der Waals surface area (Å²) in [4.78, 5) is 37.7. The smallest absolute Gasteiger partial charge is 0.325 e. The molecule has 150 valence electrons. The van der Waals surface area contributed by atoms with E-state index in [0.717, 1.165) is 15.8 Å². The maximum absolute atomic E-state index is 12.4. The Kier molecular flexibility index (Phi) is 5.26. The molecule has 1 saturated heterocycles. The predicted molar refractivity (Wildman–Crippen MR) is 106 cm³/mol. The minimum atomic E-state index is -0.872. The molecule has 0 saturated carbocycles. The van der Waals surface area contributed by atoms with E-state index in [4.69, 9.17) is 16.0 Å². The summed E-state index contributed by atoms with van der Waals surface area (Å²) in [5.74, 6) is -0.247. The van der Waals surface area contributed by atoms with E-state index in [-0.39, 0.29) is 18.9 Å². The van der Waals surface area contributed by atoms with Crippen LogP contribution >= 0.6 is 11.6 Å². The first-order chi connectivity index (χ1) is 14.0. The molecule has 1 aromatic carbocycles. The van der Waals surface area contributed by atoms with Crippen LogP contribution in [0, 0.1) is 0 Å². The highest BCUT2D eigenvalue weighted by molar-refractivity contribution is 6.31. The van der Waals surface area contributed by atoms with Crippen molar-refractivity contribution in [2.45, 2.75) is 25.6 Å². The molecule has 2 aromatic heterocycles. The molecule has 0 spiro atoms. The lowest BCUT2D eigenvalue weighted by atomic mass is 10.2. The normalized spacial score (nSPS) is 16.4. The SMILES string of the molecule is O=C(CC1NC(=O)N(Cc2ccco2)C1=O)NCCn1ccc2ccc(Cl)cc21. The van der Waals surface area contributed by atoms with Crippen LogP contribution in [0.25, 0.3) is 10.9 Å². The number of halogens is 1. The van der Waals surface area contributed by atoms with Gasteiger partial charge in [-0.05, 0) is 35.7 Å². The lowest BCUT2D eigenvalue weighted by Gasteiger charge is -2.12. The van der Waals surface area contributed by atoms with Crippen LogP contribution in [0.5, 0.6) is 0 Å². The van der Waals surface area contributed by atoms with Crippen molar-refractivity contribution >= 4 is 40.3 Å². The van der Waals surface area contributed by atoms with Gasteiger partial charge in [0.25, 0.3) is 5.91 Å². The molecule has 8 nitrogen and oxygen atoms in total. The van der Waals surface area contributed by atoms with Crippen LogP contribution in [0.15, 0.2) is 53.3 Å². The first-order valence-electron chi connectivity index (χ1n) is 9.16. The Balaban J connectivity index is 1.29. The van der Waals surface area contributed by atoms with E-state index in [2.05, 4.69) is 10.6 Å². The van der Waals surface area contributed by atoms with E-state index in [0.29, 0.717) is 23.9 Å². The molecule has 4 rings (SSSR count). The molecule has 2 N–H and O–H groups in total. The molecule has 1 unspecified atom stereocenters. The summed E-state index contributed by atoms with van der Waals surface area (Å²) in [5.41, 5.74) is 0.985. The number of imide groups is 1. The van der Waals surface area contributed by atoms with Gasteiger partial charge in [0.1, 0.15) is 11.8 Å². The number of urea groups is 1. The minimum Gasteiger partial charge on any atom is -0.467 e. The van der Waals surface area contributed by atoms with Crippen molar-refractivity contribution in [2.75, 3.05) is 6.54 Å². The molecule has 3 aromatic rings. The van der Waals surface area contributed by atoms with Crippen molar-refractivity contribution in [1.29, 1.82) is 0 Å². The first-order valence-corrected chi connectivity index (χ1v) is 9.54. The number of aromatic nitrogens is 1. The van der Waals surface area contributed by atoms with Crippen molar-refractivity contribution in [1.82, 2.24) is 20.1 Å². The van der Waals surface area contributed by atoms with Crippen LogP contribution in [0.4, 0.5) is 4.79 Å². The molecule has 9 heteroatoms. The van der Waals surface area contributed by atoms with Gasteiger partial charge in [0.2, 0.25) is 5.91 Å². The van der Waals surface area contributed by atoms with Gasteiger partial charge in [-0.2, -0.15) is 0 Å². The Hall–Kier alpha value is -3.26. The lowest BCUT2D eigenvalue weighted by Crippen LogP contribution is -2.37. The Morgan fingerprint density at radius 1 is 1.24 bits per heavy atom. The number of amides is 4. The number of hydrogen-bond acceptors (Lipinski definition) is 4. The molecule has 0 radical (unpaired) electrons.